The Hall–Kier alpha value is -1.20. The fraction of sp³-hybridized carbons (Fsp3) is 0.625. The molecule has 1 unspecified atom stereocenters. The molecule has 0 amide bonds. The normalized spacial score (nSPS) is 23.5. The smallest absolute Gasteiger partial charge is 0.229 e. The van der Waals surface area contributed by atoms with E-state index in [0.29, 0.717) is 11.8 Å². The summed E-state index contributed by atoms with van der Waals surface area (Å²) in [4.78, 5) is 8.67. The Morgan fingerprint density at radius 2 is 2.24 bits per heavy atom. The molecule has 0 radical (unpaired) electrons. The van der Waals surface area contributed by atoms with Crippen LogP contribution in [-0.2, 0) is 6.42 Å². The van der Waals surface area contributed by atoms with Crippen molar-refractivity contribution in [2.75, 3.05) is 19.6 Å². The second-order valence-electron chi connectivity index (χ2n) is 6.23. The van der Waals surface area contributed by atoms with Crippen molar-refractivity contribution in [2.24, 2.45) is 0 Å². The fourth-order valence-corrected chi connectivity index (χ4v) is 3.80. The van der Waals surface area contributed by atoms with E-state index < -0.39 is 0 Å². The molecule has 4 nitrogen and oxygen atoms in total. The Morgan fingerprint density at radius 1 is 1.29 bits per heavy atom. The quantitative estimate of drug-likeness (QED) is 0.848. The number of hydrogen-bond donors (Lipinski definition) is 0. The molecule has 1 atom stereocenters. The standard InChI is InChI=1S/C16H21N3OS/c1-3-13(15-17-16(20-18-15)12-5-6-12)11-19(8-1)9-7-14-4-2-10-21-14/h2,4,10,12-13H,1,3,5-9,11H2. The molecular weight excluding hydrogens is 282 g/mol. The summed E-state index contributed by atoms with van der Waals surface area (Å²) in [6.45, 7) is 3.43. The van der Waals surface area contributed by atoms with Crippen molar-refractivity contribution >= 4 is 11.3 Å². The third-order valence-corrected chi connectivity index (χ3v) is 5.45. The average molecular weight is 303 g/mol. The van der Waals surface area contributed by atoms with Gasteiger partial charge in [0.1, 0.15) is 0 Å². The van der Waals surface area contributed by atoms with Crippen LogP contribution in [0.4, 0.5) is 0 Å². The summed E-state index contributed by atoms with van der Waals surface area (Å²) in [5.41, 5.74) is 0. The lowest BCUT2D eigenvalue weighted by Crippen LogP contribution is -2.36. The minimum Gasteiger partial charge on any atom is -0.339 e. The molecule has 2 aliphatic rings. The average Bonchev–Trinajstić information content (AvgIpc) is 3.05. The topological polar surface area (TPSA) is 42.2 Å². The molecule has 3 heterocycles. The van der Waals surface area contributed by atoms with Gasteiger partial charge in [-0.25, -0.2) is 0 Å². The minimum atomic E-state index is 0.457. The first-order valence-corrected chi connectivity index (χ1v) is 8.84. The number of piperidine rings is 1. The predicted octanol–water partition coefficient (Wildman–Crippen LogP) is 3.43. The van der Waals surface area contributed by atoms with Crippen LogP contribution >= 0.6 is 11.3 Å². The maximum Gasteiger partial charge on any atom is 0.229 e. The third kappa shape index (κ3) is 3.19. The van der Waals surface area contributed by atoms with Gasteiger partial charge in [-0.05, 0) is 50.1 Å². The molecule has 2 aromatic rings. The molecule has 1 saturated heterocycles. The zero-order valence-corrected chi connectivity index (χ0v) is 13.0. The first-order valence-electron chi connectivity index (χ1n) is 7.97. The number of likely N-dealkylation sites (tertiary alicyclic amines) is 1. The monoisotopic (exact) mass is 303 g/mol. The van der Waals surface area contributed by atoms with Crippen LogP contribution in [0.15, 0.2) is 22.0 Å². The second-order valence-corrected chi connectivity index (χ2v) is 7.27. The fourth-order valence-electron chi connectivity index (χ4n) is 3.10. The number of hydrogen-bond acceptors (Lipinski definition) is 5. The molecule has 112 valence electrons. The van der Waals surface area contributed by atoms with E-state index in [1.54, 1.807) is 0 Å². The molecule has 0 spiro atoms. The summed E-state index contributed by atoms with van der Waals surface area (Å²) >= 11 is 1.86. The van der Waals surface area contributed by atoms with E-state index in [1.807, 2.05) is 11.3 Å². The van der Waals surface area contributed by atoms with Gasteiger partial charge >= 0.3 is 0 Å². The highest BCUT2D eigenvalue weighted by atomic mass is 32.1. The van der Waals surface area contributed by atoms with Gasteiger partial charge in [0.2, 0.25) is 5.89 Å². The summed E-state index contributed by atoms with van der Waals surface area (Å²) < 4.78 is 5.42. The maximum absolute atomic E-state index is 5.42. The molecule has 0 aromatic carbocycles. The van der Waals surface area contributed by atoms with E-state index in [0.717, 1.165) is 31.2 Å². The van der Waals surface area contributed by atoms with Crippen molar-refractivity contribution in [3.63, 3.8) is 0 Å². The minimum absolute atomic E-state index is 0.457. The van der Waals surface area contributed by atoms with E-state index in [-0.39, 0.29) is 0 Å². The number of nitrogens with zero attached hydrogens (tertiary/aromatic N) is 3. The first kappa shape index (κ1) is 13.5. The lowest BCUT2D eigenvalue weighted by Gasteiger charge is -2.31. The van der Waals surface area contributed by atoms with Crippen LogP contribution in [0.5, 0.6) is 0 Å². The SMILES string of the molecule is c1csc(CCN2CCCC(c3noc(C4CC4)n3)C2)c1. The van der Waals surface area contributed by atoms with E-state index >= 15 is 0 Å². The third-order valence-electron chi connectivity index (χ3n) is 4.51. The first-order chi connectivity index (χ1) is 10.4. The number of aromatic nitrogens is 2. The zero-order valence-electron chi connectivity index (χ0n) is 12.2. The van der Waals surface area contributed by atoms with Gasteiger partial charge in [0, 0.05) is 29.8 Å². The Labute approximate surface area is 129 Å². The van der Waals surface area contributed by atoms with Crippen LogP contribution in [0.2, 0.25) is 0 Å². The molecule has 5 heteroatoms. The Morgan fingerprint density at radius 3 is 3.05 bits per heavy atom. The Balaban J connectivity index is 1.35. The molecule has 0 N–H and O–H groups in total. The zero-order chi connectivity index (χ0) is 14.1. The van der Waals surface area contributed by atoms with Gasteiger partial charge in [-0.15, -0.1) is 11.3 Å². The lowest BCUT2D eigenvalue weighted by atomic mass is 9.97. The van der Waals surface area contributed by atoms with Crippen molar-refractivity contribution in [1.29, 1.82) is 0 Å². The Bertz CT molecular complexity index is 576. The number of thiophene rings is 1. The van der Waals surface area contributed by atoms with Gasteiger partial charge in [-0.2, -0.15) is 4.98 Å². The van der Waals surface area contributed by atoms with Crippen LogP contribution in [0.3, 0.4) is 0 Å². The van der Waals surface area contributed by atoms with E-state index in [4.69, 9.17) is 4.52 Å². The van der Waals surface area contributed by atoms with Gasteiger partial charge in [0.05, 0.1) is 0 Å². The highest BCUT2D eigenvalue weighted by Crippen LogP contribution is 2.39. The van der Waals surface area contributed by atoms with Gasteiger partial charge in [0.25, 0.3) is 0 Å². The van der Waals surface area contributed by atoms with Crippen molar-refractivity contribution < 1.29 is 4.52 Å². The Kier molecular flexibility index (Phi) is 3.78. The highest BCUT2D eigenvalue weighted by Gasteiger charge is 2.32. The molecule has 4 rings (SSSR count). The van der Waals surface area contributed by atoms with Gasteiger partial charge < -0.3 is 9.42 Å². The second kappa shape index (κ2) is 5.89. The molecule has 0 bridgehead atoms. The van der Waals surface area contributed by atoms with Crippen LogP contribution in [-0.4, -0.2) is 34.7 Å². The van der Waals surface area contributed by atoms with Gasteiger partial charge in [-0.1, -0.05) is 11.2 Å². The molecule has 21 heavy (non-hydrogen) atoms. The lowest BCUT2D eigenvalue weighted by molar-refractivity contribution is 0.204. The van der Waals surface area contributed by atoms with Crippen molar-refractivity contribution in [2.45, 2.75) is 43.9 Å². The van der Waals surface area contributed by atoms with Gasteiger partial charge in [0.15, 0.2) is 5.82 Å². The molecule has 1 aliphatic carbocycles. The number of rotatable bonds is 5. The molecular formula is C16H21N3OS. The van der Waals surface area contributed by atoms with Crippen LogP contribution in [0.1, 0.15) is 54.1 Å². The summed E-state index contributed by atoms with van der Waals surface area (Å²) in [6.07, 6.45) is 6.03. The predicted molar refractivity (Wildman–Crippen MR) is 82.7 cm³/mol. The molecule has 1 aliphatic heterocycles. The highest BCUT2D eigenvalue weighted by molar-refractivity contribution is 7.09. The summed E-state index contributed by atoms with van der Waals surface area (Å²) in [7, 11) is 0. The van der Waals surface area contributed by atoms with Crippen molar-refractivity contribution in [1.82, 2.24) is 15.0 Å². The maximum atomic E-state index is 5.42. The van der Waals surface area contributed by atoms with Crippen LogP contribution in [0.25, 0.3) is 0 Å². The largest absolute Gasteiger partial charge is 0.339 e. The van der Waals surface area contributed by atoms with Gasteiger partial charge in [-0.3, -0.25) is 0 Å². The summed E-state index contributed by atoms with van der Waals surface area (Å²) in [5.74, 6) is 2.83. The van der Waals surface area contributed by atoms with Crippen LogP contribution < -0.4 is 0 Å². The summed E-state index contributed by atoms with van der Waals surface area (Å²) in [6, 6.07) is 4.37. The molecule has 2 aromatic heterocycles. The van der Waals surface area contributed by atoms with Crippen LogP contribution in [0, 0.1) is 0 Å². The summed E-state index contributed by atoms with van der Waals surface area (Å²) in [5, 5.41) is 6.39. The van der Waals surface area contributed by atoms with E-state index in [9.17, 15) is 0 Å². The van der Waals surface area contributed by atoms with E-state index in [2.05, 4.69) is 32.6 Å². The molecule has 1 saturated carbocycles. The van der Waals surface area contributed by atoms with E-state index in [1.165, 1.54) is 37.1 Å². The molecule has 2 fully saturated rings. The van der Waals surface area contributed by atoms with Crippen molar-refractivity contribution in [3.8, 4) is 0 Å². The van der Waals surface area contributed by atoms with Crippen molar-refractivity contribution in [3.05, 3.63) is 34.1 Å².